The van der Waals surface area contributed by atoms with E-state index >= 15 is 0 Å². The van der Waals surface area contributed by atoms with Gasteiger partial charge in [0.05, 0.1) is 0 Å². The summed E-state index contributed by atoms with van der Waals surface area (Å²) < 4.78 is 16.4. The molecule has 1 amide bonds. The number of rotatable bonds is 5. The molecular formula is C35H39N7O4. The van der Waals surface area contributed by atoms with Crippen LogP contribution in [-0.2, 0) is 4.74 Å². The molecule has 0 bridgehead atoms. The summed E-state index contributed by atoms with van der Waals surface area (Å²) >= 11 is 0. The average molecular weight is 622 g/mol. The Morgan fingerprint density at radius 3 is 1.63 bits per heavy atom. The van der Waals surface area contributed by atoms with Crippen LogP contribution < -0.4 is 0 Å². The number of nitrogens with zero attached hydrogens (tertiary/aromatic N) is 7. The lowest BCUT2D eigenvalue weighted by Crippen LogP contribution is -2.40. The van der Waals surface area contributed by atoms with Crippen molar-refractivity contribution >= 4 is 17.2 Å². The van der Waals surface area contributed by atoms with Crippen LogP contribution in [0.25, 0.3) is 16.0 Å². The van der Waals surface area contributed by atoms with Gasteiger partial charge in [-0.2, -0.15) is 0 Å². The maximum absolute atomic E-state index is 12.2. The Kier molecular flexibility index (Phi) is 10.7. The fourth-order valence-electron chi connectivity index (χ4n) is 5.58. The number of aromatic nitrogens is 4. The highest BCUT2D eigenvalue weighted by Crippen LogP contribution is 2.32. The van der Waals surface area contributed by atoms with Gasteiger partial charge in [0.25, 0.3) is 6.67 Å². The lowest BCUT2D eigenvalue weighted by molar-refractivity contribution is 0.0236. The van der Waals surface area contributed by atoms with E-state index in [-0.39, 0.29) is 6.09 Å². The van der Waals surface area contributed by atoms with Crippen LogP contribution in [0, 0.1) is 6.57 Å². The van der Waals surface area contributed by atoms with Crippen molar-refractivity contribution in [3.63, 3.8) is 0 Å². The lowest BCUT2D eigenvalue weighted by Gasteiger charge is -2.31. The minimum absolute atomic E-state index is 0.259. The molecule has 4 heterocycles. The summed E-state index contributed by atoms with van der Waals surface area (Å²) in [5, 5.41) is 15.8. The fraction of sp³-hybridized carbons (Fsp3) is 0.371. The second-order valence-electron chi connectivity index (χ2n) is 12.1. The largest absolute Gasteiger partial charge is 0.444 e. The third-order valence-electron chi connectivity index (χ3n) is 7.73. The van der Waals surface area contributed by atoms with E-state index in [1.807, 2.05) is 69.3 Å². The van der Waals surface area contributed by atoms with Gasteiger partial charge in [0.1, 0.15) is 5.60 Å². The van der Waals surface area contributed by atoms with Gasteiger partial charge in [-0.05, 0) is 57.6 Å². The van der Waals surface area contributed by atoms with E-state index in [0.29, 0.717) is 31.5 Å². The molecular weight excluding hydrogens is 582 g/mol. The van der Waals surface area contributed by atoms with Gasteiger partial charge in [0, 0.05) is 37.3 Å². The van der Waals surface area contributed by atoms with Crippen molar-refractivity contribution in [3.8, 4) is 0 Å². The van der Waals surface area contributed by atoms with Gasteiger partial charge in [0.15, 0.2) is 0 Å². The van der Waals surface area contributed by atoms with Crippen LogP contribution in [0.2, 0.25) is 0 Å². The highest BCUT2D eigenvalue weighted by Gasteiger charge is 2.27. The first-order valence-electron chi connectivity index (χ1n) is 15.4. The quantitative estimate of drug-likeness (QED) is 0.223. The van der Waals surface area contributed by atoms with Gasteiger partial charge < -0.3 is 18.5 Å². The molecule has 46 heavy (non-hydrogen) atoms. The Labute approximate surface area is 269 Å². The Morgan fingerprint density at radius 1 is 0.783 bits per heavy atom. The van der Waals surface area contributed by atoms with Crippen molar-refractivity contribution in [2.45, 2.75) is 52.1 Å². The summed E-state index contributed by atoms with van der Waals surface area (Å²) in [5.74, 6) is 1.10. The van der Waals surface area contributed by atoms with E-state index < -0.39 is 5.60 Å². The number of hydrogen-bond acceptors (Lipinski definition) is 9. The molecule has 0 radical (unpaired) electrons. The van der Waals surface area contributed by atoms with Crippen molar-refractivity contribution in [2.24, 2.45) is 0 Å². The van der Waals surface area contributed by atoms with E-state index in [4.69, 9.17) is 20.1 Å². The Balaban J connectivity index is 0.000000184. The summed E-state index contributed by atoms with van der Waals surface area (Å²) in [6.07, 6.45) is 5.83. The van der Waals surface area contributed by atoms with Gasteiger partial charge in [-0.15, -0.1) is 20.4 Å². The number of ether oxygens (including phenoxy) is 1. The van der Waals surface area contributed by atoms with Crippen molar-refractivity contribution in [1.82, 2.24) is 30.2 Å². The van der Waals surface area contributed by atoms with Crippen molar-refractivity contribution < 1.29 is 18.4 Å². The van der Waals surface area contributed by atoms with Crippen molar-refractivity contribution in [3.05, 3.63) is 119 Å². The number of carbonyl (C=O) groups excluding carboxylic acids is 1. The topological polar surface area (TPSA) is 115 Å². The summed E-state index contributed by atoms with van der Waals surface area (Å²) in [6, 6.07) is 20.2. The van der Waals surface area contributed by atoms with E-state index in [2.05, 4.69) is 42.3 Å². The molecule has 0 aliphatic carbocycles. The second kappa shape index (κ2) is 15.3. The van der Waals surface area contributed by atoms with Crippen LogP contribution in [0.1, 0.15) is 69.4 Å². The molecule has 0 atom stereocenters. The number of likely N-dealkylation sites (tertiary alicyclic amines) is 2. The summed E-state index contributed by atoms with van der Waals surface area (Å²) in [4.78, 5) is 19.6. The van der Waals surface area contributed by atoms with Gasteiger partial charge >= 0.3 is 6.09 Å². The Hall–Kier alpha value is -5.08. The van der Waals surface area contributed by atoms with Gasteiger partial charge in [-0.25, -0.2) is 16.3 Å². The normalized spacial score (nSPS) is 15.4. The molecule has 2 saturated heterocycles. The second-order valence-corrected chi connectivity index (χ2v) is 12.1. The summed E-state index contributed by atoms with van der Waals surface area (Å²) in [6.45, 7) is 16.1. The highest BCUT2D eigenvalue weighted by molar-refractivity contribution is 5.79. The zero-order valence-corrected chi connectivity index (χ0v) is 26.6. The first-order valence-corrected chi connectivity index (χ1v) is 15.4. The molecule has 0 unspecified atom stereocenters. The van der Waals surface area contributed by atoms with Crippen LogP contribution in [0.15, 0.2) is 93.4 Å². The summed E-state index contributed by atoms with van der Waals surface area (Å²) in [7, 11) is 0. The molecule has 2 aromatic carbocycles. The number of carbonyl (C=O) groups is 1. The Morgan fingerprint density at radius 2 is 1.24 bits per heavy atom. The zero-order chi connectivity index (χ0) is 32.4. The Bertz CT molecular complexity index is 1630. The van der Waals surface area contributed by atoms with Gasteiger partial charge in [-0.1, -0.05) is 71.8 Å². The van der Waals surface area contributed by atoms with Crippen LogP contribution in [-0.4, -0.2) is 74.7 Å². The monoisotopic (exact) mass is 621 g/mol. The molecule has 0 N–H and O–H groups in total. The number of hydrogen-bond donors (Lipinski definition) is 0. The van der Waals surface area contributed by atoms with Gasteiger partial charge in [-0.3, -0.25) is 4.85 Å². The highest BCUT2D eigenvalue weighted by atomic mass is 16.6. The van der Waals surface area contributed by atoms with E-state index in [0.717, 1.165) is 61.0 Å². The molecule has 0 saturated carbocycles. The molecule has 4 aromatic rings. The molecule has 2 aliphatic rings. The third-order valence-corrected chi connectivity index (χ3v) is 7.73. The third kappa shape index (κ3) is 8.55. The number of benzene rings is 2. The SMILES string of the molecule is CC(C)(C)OC(=O)N1CCC(=C(c2ccccc2)c2nnco2)CC1.[C-]#[N+]CN1CCC(=C(c2ccccc2)c2nnco2)CC1. The predicted molar refractivity (Wildman–Crippen MR) is 173 cm³/mol. The van der Waals surface area contributed by atoms with Crippen LogP contribution in [0.3, 0.4) is 0 Å². The smallest absolute Gasteiger partial charge is 0.410 e. The molecule has 11 heteroatoms. The maximum Gasteiger partial charge on any atom is 0.410 e. The molecule has 2 aliphatic heterocycles. The molecule has 2 aromatic heterocycles. The standard InChI is InChI=1S/C19H23N3O3.C16H16N4O/c1-19(2,3)25-18(23)22-11-9-15(10-12-22)16(17-21-20-13-24-17)14-7-5-4-6-8-14;1-17-11-20-9-7-14(8-10-20)15(16-19-18-12-21-16)13-5-3-2-4-6-13/h4-8,13H,9-12H2,1-3H3;2-6,12H,7-11H2. The molecule has 238 valence electrons. The minimum Gasteiger partial charge on any atom is -0.444 e. The van der Waals surface area contributed by atoms with Crippen molar-refractivity contribution in [2.75, 3.05) is 32.8 Å². The van der Waals surface area contributed by atoms with Crippen LogP contribution in [0.5, 0.6) is 0 Å². The van der Waals surface area contributed by atoms with Crippen LogP contribution in [0.4, 0.5) is 4.79 Å². The molecule has 2 fully saturated rings. The average Bonchev–Trinajstić information content (AvgIpc) is 3.79. The predicted octanol–water partition coefficient (Wildman–Crippen LogP) is 6.75. The maximum atomic E-state index is 12.2. The number of amides is 1. The van der Waals surface area contributed by atoms with E-state index in [1.165, 1.54) is 23.9 Å². The van der Waals surface area contributed by atoms with E-state index in [1.54, 1.807) is 4.90 Å². The molecule has 6 rings (SSSR count). The van der Waals surface area contributed by atoms with Crippen molar-refractivity contribution in [1.29, 1.82) is 0 Å². The first kappa shape index (κ1) is 32.3. The molecule has 11 nitrogen and oxygen atoms in total. The summed E-state index contributed by atoms with van der Waals surface area (Å²) in [5.41, 5.74) is 6.24. The van der Waals surface area contributed by atoms with Gasteiger partial charge in [0.2, 0.25) is 24.6 Å². The van der Waals surface area contributed by atoms with Crippen LogP contribution >= 0.6 is 0 Å². The minimum atomic E-state index is -0.480. The lowest BCUT2D eigenvalue weighted by atomic mass is 9.93. The number of piperidine rings is 2. The van der Waals surface area contributed by atoms with E-state index in [9.17, 15) is 4.79 Å². The molecule has 0 spiro atoms. The zero-order valence-electron chi connectivity index (χ0n) is 26.6. The first-order chi connectivity index (χ1) is 22.3. The fourth-order valence-corrected chi connectivity index (χ4v) is 5.58.